The van der Waals surface area contributed by atoms with Crippen LogP contribution in [0.3, 0.4) is 0 Å². The zero-order valence-corrected chi connectivity index (χ0v) is 16.9. The zero-order chi connectivity index (χ0) is 20.1. The van der Waals surface area contributed by atoms with Crippen molar-refractivity contribution in [2.24, 2.45) is 0 Å². The molecule has 2 atom stereocenters. The second kappa shape index (κ2) is 8.75. The second-order valence-electron chi connectivity index (χ2n) is 7.17. The molecule has 0 bridgehead atoms. The Morgan fingerprint density at radius 3 is 2.18 bits per heavy atom. The van der Waals surface area contributed by atoms with E-state index < -0.39 is 6.10 Å². The minimum Gasteiger partial charge on any atom is -0.481 e. The number of rotatable bonds is 6. The third-order valence-electron chi connectivity index (χ3n) is 5.15. The summed E-state index contributed by atoms with van der Waals surface area (Å²) in [5, 5.41) is 3.18. The summed E-state index contributed by atoms with van der Waals surface area (Å²) >= 11 is 0. The molecule has 3 nitrogen and oxygen atoms in total. The van der Waals surface area contributed by atoms with E-state index in [1.54, 1.807) is 6.92 Å². The van der Waals surface area contributed by atoms with Crippen LogP contribution in [-0.2, 0) is 4.79 Å². The molecule has 0 spiro atoms. The summed E-state index contributed by atoms with van der Waals surface area (Å²) in [6.45, 7) is 7.90. The third kappa shape index (κ3) is 4.42. The van der Waals surface area contributed by atoms with Gasteiger partial charge in [-0.15, -0.1) is 0 Å². The molecular formula is C25H27NO2. The monoisotopic (exact) mass is 373 g/mol. The fourth-order valence-corrected chi connectivity index (χ4v) is 3.25. The SMILES string of the molecule is Cc1ccccc1[C@@H](NC(=O)[C@@H](C)Oc1cccc(C)c1C)c1ccccc1. The minimum absolute atomic E-state index is 0.141. The molecule has 1 N–H and O–H groups in total. The molecular weight excluding hydrogens is 346 g/mol. The van der Waals surface area contributed by atoms with Gasteiger partial charge in [-0.3, -0.25) is 4.79 Å². The van der Waals surface area contributed by atoms with Gasteiger partial charge in [0.1, 0.15) is 5.75 Å². The van der Waals surface area contributed by atoms with E-state index in [0.717, 1.165) is 33.6 Å². The third-order valence-corrected chi connectivity index (χ3v) is 5.15. The van der Waals surface area contributed by atoms with Crippen LogP contribution in [0, 0.1) is 20.8 Å². The standard InChI is InChI=1S/C25H27NO2/c1-17-12-10-16-23(19(17)3)28-20(4)25(27)26-24(21-13-6-5-7-14-21)22-15-9-8-11-18(22)2/h5-16,20,24H,1-4H3,(H,26,27)/t20-,24+/m1/s1. The summed E-state index contributed by atoms with van der Waals surface area (Å²) in [4.78, 5) is 13.0. The van der Waals surface area contributed by atoms with Crippen LogP contribution in [-0.4, -0.2) is 12.0 Å². The van der Waals surface area contributed by atoms with Crippen LogP contribution in [0.1, 0.15) is 40.8 Å². The van der Waals surface area contributed by atoms with Crippen molar-refractivity contribution in [1.82, 2.24) is 5.32 Å². The summed E-state index contributed by atoms with van der Waals surface area (Å²) in [6, 6.07) is 23.8. The molecule has 0 heterocycles. The largest absolute Gasteiger partial charge is 0.481 e. The number of benzene rings is 3. The topological polar surface area (TPSA) is 38.3 Å². The van der Waals surface area contributed by atoms with Crippen molar-refractivity contribution in [2.45, 2.75) is 39.8 Å². The fourth-order valence-electron chi connectivity index (χ4n) is 3.25. The van der Waals surface area contributed by atoms with Gasteiger partial charge in [0.05, 0.1) is 6.04 Å². The average molecular weight is 373 g/mol. The van der Waals surface area contributed by atoms with Crippen molar-refractivity contribution in [3.63, 3.8) is 0 Å². The van der Waals surface area contributed by atoms with E-state index in [4.69, 9.17) is 4.74 Å². The maximum absolute atomic E-state index is 13.0. The number of ether oxygens (including phenoxy) is 1. The van der Waals surface area contributed by atoms with Crippen LogP contribution in [0.15, 0.2) is 72.8 Å². The molecule has 3 heteroatoms. The van der Waals surface area contributed by atoms with Crippen molar-refractivity contribution in [2.75, 3.05) is 0 Å². The van der Waals surface area contributed by atoms with E-state index in [-0.39, 0.29) is 11.9 Å². The van der Waals surface area contributed by atoms with E-state index in [1.165, 1.54) is 0 Å². The van der Waals surface area contributed by atoms with Crippen LogP contribution < -0.4 is 10.1 Å². The highest BCUT2D eigenvalue weighted by molar-refractivity contribution is 5.81. The van der Waals surface area contributed by atoms with E-state index >= 15 is 0 Å². The summed E-state index contributed by atoms with van der Waals surface area (Å²) in [5.41, 5.74) is 5.47. The Balaban J connectivity index is 1.83. The molecule has 0 radical (unpaired) electrons. The van der Waals surface area contributed by atoms with Crippen molar-refractivity contribution in [3.05, 3.63) is 101 Å². The van der Waals surface area contributed by atoms with Gasteiger partial charge in [-0.1, -0.05) is 66.7 Å². The van der Waals surface area contributed by atoms with Crippen LogP contribution >= 0.6 is 0 Å². The molecule has 3 rings (SSSR count). The van der Waals surface area contributed by atoms with Gasteiger partial charge in [0.15, 0.2) is 6.10 Å². The van der Waals surface area contributed by atoms with Crippen molar-refractivity contribution in [3.8, 4) is 5.75 Å². The highest BCUT2D eigenvalue weighted by Crippen LogP contribution is 2.26. The Kier molecular flexibility index (Phi) is 6.15. The lowest BCUT2D eigenvalue weighted by molar-refractivity contribution is -0.127. The average Bonchev–Trinajstić information content (AvgIpc) is 2.70. The summed E-state index contributed by atoms with van der Waals surface area (Å²) < 4.78 is 5.98. The van der Waals surface area contributed by atoms with Crippen LogP contribution in [0.2, 0.25) is 0 Å². The molecule has 28 heavy (non-hydrogen) atoms. The molecule has 0 fully saturated rings. The molecule has 0 saturated heterocycles. The first-order chi connectivity index (χ1) is 13.5. The number of carbonyl (C=O) groups excluding carboxylic acids is 1. The van der Waals surface area contributed by atoms with Gasteiger partial charge in [0.2, 0.25) is 0 Å². The van der Waals surface area contributed by atoms with Gasteiger partial charge in [-0.2, -0.15) is 0 Å². The second-order valence-corrected chi connectivity index (χ2v) is 7.17. The Morgan fingerprint density at radius 2 is 1.46 bits per heavy atom. The maximum atomic E-state index is 13.0. The highest BCUT2D eigenvalue weighted by Gasteiger charge is 2.23. The van der Waals surface area contributed by atoms with Gasteiger partial charge >= 0.3 is 0 Å². The van der Waals surface area contributed by atoms with Gasteiger partial charge in [0.25, 0.3) is 5.91 Å². The fraction of sp³-hybridized carbons (Fsp3) is 0.240. The first-order valence-electron chi connectivity index (χ1n) is 9.61. The number of hydrogen-bond donors (Lipinski definition) is 1. The first kappa shape index (κ1) is 19.7. The van der Waals surface area contributed by atoms with Crippen LogP contribution in [0.4, 0.5) is 0 Å². The smallest absolute Gasteiger partial charge is 0.261 e. The predicted octanol–water partition coefficient (Wildman–Crippen LogP) is 5.28. The molecule has 0 aromatic heterocycles. The van der Waals surface area contributed by atoms with Crippen molar-refractivity contribution in [1.29, 1.82) is 0 Å². The normalized spacial score (nSPS) is 12.9. The van der Waals surface area contributed by atoms with Crippen molar-refractivity contribution >= 4 is 5.91 Å². The molecule has 0 saturated carbocycles. The molecule has 3 aromatic carbocycles. The van der Waals surface area contributed by atoms with Gasteiger partial charge < -0.3 is 10.1 Å². The lowest BCUT2D eigenvalue weighted by Gasteiger charge is -2.24. The van der Waals surface area contributed by atoms with Gasteiger partial charge in [-0.05, 0) is 61.6 Å². The molecule has 0 aliphatic heterocycles. The van der Waals surface area contributed by atoms with E-state index in [0.29, 0.717) is 0 Å². The molecule has 0 unspecified atom stereocenters. The van der Waals surface area contributed by atoms with E-state index in [9.17, 15) is 4.79 Å². The lowest BCUT2D eigenvalue weighted by Crippen LogP contribution is -2.39. The van der Waals surface area contributed by atoms with E-state index in [1.807, 2.05) is 74.5 Å². The quantitative estimate of drug-likeness (QED) is 0.638. The lowest BCUT2D eigenvalue weighted by atomic mass is 9.95. The Bertz CT molecular complexity index is 950. The maximum Gasteiger partial charge on any atom is 0.261 e. The van der Waals surface area contributed by atoms with Crippen LogP contribution in [0.25, 0.3) is 0 Å². The summed E-state index contributed by atoms with van der Waals surface area (Å²) in [6.07, 6.45) is -0.601. The summed E-state index contributed by atoms with van der Waals surface area (Å²) in [5.74, 6) is 0.604. The number of carbonyl (C=O) groups is 1. The Hall–Kier alpha value is -3.07. The molecule has 3 aromatic rings. The molecule has 144 valence electrons. The van der Waals surface area contributed by atoms with Gasteiger partial charge in [0, 0.05) is 0 Å². The molecule has 0 aliphatic rings. The first-order valence-corrected chi connectivity index (χ1v) is 9.61. The highest BCUT2D eigenvalue weighted by atomic mass is 16.5. The van der Waals surface area contributed by atoms with Crippen LogP contribution in [0.5, 0.6) is 5.75 Å². The van der Waals surface area contributed by atoms with Crippen molar-refractivity contribution < 1.29 is 9.53 Å². The molecule has 0 aliphatic carbocycles. The van der Waals surface area contributed by atoms with Gasteiger partial charge in [-0.25, -0.2) is 0 Å². The number of nitrogens with one attached hydrogen (secondary N) is 1. The zero-order valence-electron chi connectivity index (χ0n) is 16.9. The number of aryl methyl sites for hydroxylation is 2. The number of amides is 1. The molecule has 1 amide bonds. The van der Waals surface area contributed by atoms with E-state index in [2.05, 4.69) is 24.4 Å². The minimum atomic E-state index is -0.601. The summed E-state index contributed by atoms with van der Waals surface area (Å²) in [7, 11) is 0. The number of hydrogen-bond acceptors (Lipinski definition) is 2. The Morgan fingerprint density at radius 1 is 0.821 bits per heavy atom. The predicted molar refractivity (Wildman–Crippen MR) is 114 cm³/mol. The Labute approximate surface area is 167 Å².